The molecule has 0 heterocycles. The van der Waals surface area contributed by atoms with Crippen molar-refractivity contribution < 1.29 is 8.42 Å². The van der Waals surface area contributed by atoms with E-state index in [1.54, 1.807) is 12.2 Å². The summed E-state index contributed by atoms with van der Waals surface area (Å²) in [6.07, 6.45) is 3.17. The van der Waals surface area contributed by atoms with Crippen LogP contribution in [-0.2, 0) is 10.0 Å². The molecule has 0 saturated carbocycles. The van der Waals surface area contributed by atoms with Crippen LogP contribution >= 0.6 is 0 Å². The van der Waals surface area contributed by atoms with Crippen molar-refractivity contribution in [3.8, 4) is 0 Å². The second-order valence-corrected chi connectivity index (χ2v) is 6.50. The van der Waals surface area contributed by atoms with E-state index >= 15 is 0 Å². The minimum atomic E-state index is -3.51. The lowest BCUT2D eigenvalue weighted by atomic mass is 10.1. The lowest BCUT2D eigenvalue weighted by molar-refractivity contribution is 0.473. The van der Waals surface area contributed by atoms with Crippen molar-refractivity contribution in [2.75, 3.05) is 13.1 Å². The average molecular weight is 279 g/mol. The number of rotatable bonds is 6. The summed E-state index contributed by atoms with van der Waals surface area (Å²) in [4.78, 5) is 0.391. The predicted octanol–water partition coefficient (Wildman–Crippen LogP) is 2.97. The minimum Gasteiger partial charge on any atom is -0.207 e. The maximum atomic E-state index is 12.7. The summed E-state index contributed by atoms with van der Waals surface area (Å²) in [7, 11) is -3.51. The molecule has 104 valence electrons. The highest BCUT2D eigenvalue weighted by Gasteiger charge is 2.26. The number of hydrogen-bond acceptors (Lipinski definition) is 2. The third-order valence-corrected chi connectivity index (χ3v) is 5.01. The van der Waals surface area contributed by atoms with Gasteiger partial charge in [-0.1, -0.05) is 29.8 Å². The van der Waals surface area contributed by atoms with Gasteiger partial charge in [-0.3, -0.25) is 0 Å². The van der Waals surface area contributed by atoms with E-state index in [1.165, 1.54) is 4.31 Å². The summed E-state index contributed by atoms with van der Waals surface area (Å²) in [5.74, 6) is 0. The van der Waals surface area contributed by atoms with Crippen LogP contribution < -0.4 is 0 Å². The van der Waals surface area contributed by atoms with Gasteiger partial charge < -0.3 is 0 Å². The highest BCUT2D eigenvalue weighted by molar-refractivity contribution is 7.89. The monoisotopic (exact) mass is 279 g/mol. The second-order valence-electron chi connectivity index (χ2n) is 4.63. The van der Waals surface area contributed by atoms with E-state index in [4.69, 9.17) is 0 Å². The van der Waals surface area contributed by atoms with E-state index < -0.39 is 10.0 Å². The molecule has 0 unspecified atom stereocenters. The molecule has 0 aliphatic carbocycles. The molecule has 1 rings (SSSR count). The molecule has 0 radical (unpaired) electrons. The van der Waals surface area contributed by atoms with Crippen molar-refractivity contribution in [1.29, 1.82) is 0 Å². The first-order valence-electron chi connectivity index (χ1n) is 6.14. The standard InChI is InChI=1S/C15H21NO2S/c1-6-8-16(9-7-2)19(17,18)15-13(4)10-12(3)11-14(15)5/h6-7,10-11H,1-2,8-9H2,3-5H3. The SMILES string of the molecule is C=CCN(CC=C)S(=O)(=O)c1c(C)cc(C)cc1C. The Kier molecular flexibility index (Phi) is 5.09. The van der Waals surface area contributed by atoms with E-state index in [0.717, 1.165) is 16.7 Å². The van der Waals surface area contributed by atoms with Gasteiger partial charge in [-0.2, -0.15) is 4.31 Å². The van der Waals surface area contributed by atoms with Gasteiger partial charge >= 0.3 is 0 Å². The molecule has 1 aromatic rings. The first-order chi connectivity index (χ1) is 8.84. The fourth-order valence-corrected chi connectivity index (χ4v) is 4.05. The topological polar surface area (TPSA) is 37.4 Å². The van der Waals surface area contributed by atoms with E-state index in [-0.39, 0.29) is 13.1 Å². The van der Waals surface area contributed by atoms with Gasteiger partial charge in [0.25, 0.3) is 0 Å². The third kappa shape index (κ3) is 3.33. The van der Waals surface area contributed by atoms with Crippen LogP contribution in [0.2, 0.25) is 0 Å². The number of nitrogens with zero attached hydrogens (tertiary/aromatic N) is 1. The van der Waals surface area contributed by atoms with Gasteiger partial charge in [-0.05, 0) is 31.9 Å². The van der Waals surface area contributed by atoms with Crippen molar-refractivity contribution in [2.24, 2.45) is 0 Å². The van der Waals surface area contributed by atoms with E-state index in [0.29, 0.717) is 4.90 Å². The van der Waals surface area contributed by atoms with Gasteiger partial charge in [-0.25, -0.2) is 8.42 Å². The van der Waals surface area contributed by atoms with Crippen LogP contribution in [0.3, 0.4) is 0 Å². The van der Waals surface area contributed by atoms with E-state index in [1.807, 2.05) is 32.9 Å². The molecule has 0 spiro atoms. The Bertz CT molecular complexity index is 555. The van der Waals surface area contributed by atoms with Crippen LogP contribution in [0.4, 0.5) is 0 Å². The van der Waals surface area contributed by atoms with E-state index in [9.17, 15) is 8.42 Å². The lowest BCUT2D eigenvalue weighted by Gasteiger charge is -2.22. The molecule has 0 atom stereocenters. The zero-order valence-electron chi connectivity index (χ0n) is 11.8. The lowest BCUT2D eigenvalue weighted by Crippen LogP contribution is -2.32. The van der Waals surface area contributed by atoms with Crippen molar-refractivity contribution in [2.45, 2.75) is 25.7 Å². The summed E-state index contributed by atoms with van der Waals surface area (Å²) < 4.78 is 26.8. The highest BCUT2D eigenvalue weighted by atomic mass is 32.2. The maximum absolute atomic E-state index is 12.7. The number of benzene rings is 1. The van der Waals surface area contributed by atoms with Gasteiger partial charge in [0.1, 0.15) is 0 Å². The van der Waals surface area contributed by atoms with Crippen LogP contribution in [0.5, 0.6) is 0 Å². The maximum Gasteiger partial charge on any atom is 0.244 e. The molecule has 0 aliphatic rings. The van der Waals surface area contributed by atoms with Crippen LogP contribution in [0, 0.1) is 20.8 Å². The zero-order valence-corrected chi connectivity index (χ0v) is 12.6. The Hall–Kier alpha value is -1.39. The molecular weight excluding hydrogens is 258 g/mol. The molecular formula is C15H21NO2S. The fraction of sp³-hybridized carbons (Fsp3) is 0.333. The predicted molar refractivity (Wildman–Crippen MR) is 79.8 cm³/mol. The first kappa shape index (κ1) is 15.7. The second kappa shape index (κ2) is 6.17. The number of aryl methyl sites for hydroxylation is 3. The number of sulfonamides is 1. The average Bonchev–Trinajstić information content (AvgIpc) is 2.26. The van der Waals surface area contributed by atoms with Crippen LogP contribution in [-0.4, -0.2) is 25.8 Å². The first-order valence-corrected chi connectivity index (χ1v) is 7.58. The Morgan fingerprint density at radius 2 is 1.47 bits per heavy atom. The largest absolute Gasteiger partial charge is 0.244 e. The van der Waals surface area contributed by atoms with Gasteiger partial charge in [-0.15, -0.1) is 13.2 Å². The third-order valence-electron chi connectivity index (χ3n) is 2.87. The van der Waals surface area contributed by atoms with Crippen molar-refractivity contribution in [3.05, 3.63) is 54.1 Å². The van der Waals surface area contributed by atoms with Crippen molar-refractivity contribution >= 4 is 10.0 Å². The summed E-state index contributed by atoms with van der Waals surface area (Å²) in [6.45, 7) is 13.4. The Labute approximate surface area is 116 Å². The fourth-order valence-electron chi connectivity index (χ4n) is 2.26. The summed E-state index contributed by atoms with van der Waals surface area (Å²) in [5.41, 5.74) is 2.61. The molecule has 0 aromatic heterocycles. The van der Waals surface area contributed by atoms with Gasteiger partial charge in [0.15, 0.2) is 0 Å². The summed E-state index contributed by atoms with van der Waals surface area (Å²) >= 11 is 0. The van der Waals surface area contributed by atoms with Gasteiger partial charge in [0.05, 0.1) is 4.90 Å². The Morgan fingerprint density at radius 1 is 1.05 bits per heavy atom. The Balaban J connectivity index is 3.40. The Morgan fingerprint density at radius 3 is 1.84 bits per heavy atom. The van der Waals surface area contributed by atoms with Gasteiger partial charge in [0, 0.05) is 13.1 Å². The molecule has 0 aliphatic heterocycles. The van der Waals surface area contributed by atoms with Crippen LogP contribution in [0.25, 0.3) is 0 Å². The van der Waals surface area contributed by atoms with Crippen molar-refractivity contribution in [1.82, 2.24) is 4.31 Å². The molecule has 1 aromatic carbocycles. The summed E-state index contributed by atoms with van der Waals surface area (Å²) in [5, 5.41) is 0. The molecule has 0 saturated heterocycles. The van der Waals surface area contributed by atoms with Crippen molar-refractivity contribution in [3.63, 3.8) is 0 Å². The quantitative estimate of drug-likeness (QED) is 0.751. The molecule has 3 nitrogen and oxygen atoms in total. The number of hydrogen-bond donors (Lipinski definition) is 0. The molecule has 0 N–H and O–H groups in total. The zero-order chi connectivity index (χ0) is 14.6. The van der Waals surface area contributed by atoms with Crippen LogP contribution in [0.15, 0.2) is 42.3 Å². The molecule has 4 heteroatoms. The highest BCUT2D eigenvalue weighted by Crippen LogP contribution is 2.25. The molecule has 0 bridgehead atoms. The van der Waals surface area contributed by atoms with E-state index in [2.05, 4.69) is 13.2 Å². The van der Waals surface area contributed by atoms with Gasteiger partial charge in [0.2, 0.25) is 10.0 Å². The molecule has 0 fully saturated rings. The smallest absolute Gasteiger partial charge is 0.207 e. The minimum absolute atomic E-state index is 0.279. The molecule has 19 heavy (non-hydrogen) atoms. The van der Waals surface area contributed by atoms with Crippen LogP contribution in [0.1, 0.15) is 16.7 Å². The summed E-state index contributed by atoms with van der Waals surface area (Å²) in [6, 6.07) is 3.78. The normalized spacial score (nSPS) is 11.6. The molecule has 0 amide bonds.